The lowest BCUT2D eigenvalue weighted by atomic mass is 9.40. The Kier molecular flexibility index (Phi) is 11.4. The van der Waals surface area contributed by atoms with Crippen LogP contribution in [0.15, 0.2) is 36.4 Å². The highest BCUT2D eigenvalue weighted by Crippen LogP contribution is 2.70. The highest BCUT2D eigenvalue weighted by Gasteiger charge is 2.60. The molecule has 1 heterocycles. The first-order valence-corrected chi connectivity index (χ1v) is 18.7. The molecule has 294 valence electrons. The van der Waals surface area contributed by atoms with Crippen LogP contribution in [0.1, 0.15) is 76.8 Å². The average molecular weight is 752 g/mol. The molecule has 4 saturated carbocycles. The van der Waals surface area contributed by atoms with Gasteiger partial charge in [-0.25, -0.2) is 4.79 Å². The summed E-state index contributed by atoms with van der Waals surface area (Å²) in [5, 5.41) is 0. The quantitative estimate of drug-likeness (QED) is 0.0982. The van der Waals surface area contributed by atoms with Gasteiger partial charge in [0.15, 0.2) is 23.0 Å². The molecule has 2 aromatic carbocycles. The van der Waals surface area contributed by atoms with E-state index in [0.29, 0.717) is 43.3 Å². The molecule has 13 nitrogen and oxygen atoms in total. The van der Waals surface area contributed by atoms with Crippen LogP contribution in [0.4, 0.5) is 4.79 Å². The second-order valence-corrected chi connectivity index (χ2v) is 16.7. The highest BCUT2D eigenvalue weighted by molar-refractivity contribution is 5.77. The minimum atomic E-state index is -1.34. The SMILES string of the molecule is COc1ccc(C[C@H]2COC(=O)[C@@H]2Cc2ccc(OC(=O)OC[C@H](N)C(=O)OC(C)OC(=O)CC34CC5CC(C)(CC(C)(C5)C3)C4)c(OC)c2)cc1OC. The maximum atomic E-state index is 13.0. The number of ether oxygens (including phenoxy) is 8. The fraction of sp³-hybridized carbons (Fsp3) is 0.610. The summed E-state index contributed by atoms with van der Waals surface area (Å²) in [7, 11) is 4.57. The van der Waals surface area contributed by atoms with Crippen molar-refractivity contribution in [3.8, 4) is 23.0 Å². The molecule has 0 radical (unpaired) electrons. The number of carbonyl (C=O) groups excluding carboxylic acids is 4. The van der Waals surface area contributed by atoms with Crippen molar-refractivity contribution in [2.45, 2.75) is 90.9 Å². The predicted molar refractivity (Wildman–Crippen MR) is 194 cm³/mol. The number of hydrogen-bond acceptors (Lipinski definition) is 13. The number of methoxy groups -OCH3 is 3. The van der Waals surface area contributed by atoms with Gasteiger partial charge in [-0.3, -0.25) is 14.4 Å². The van der Waals surface area contributed by atoms with E-state index in [1.54, 1.807) is 26.4 Å². The van der Waals surface area contributed by atoms with E-state index in [2.05, 4.69) is 13.8 Å². The number of benzene rings is 2. The molecule has 4 bridgehead atoms. The zero-order valence-corrected chi connectivity index (χ0v) is 32.1. The van der Waals surface area contributed by atoms with Crippen LogP contribution in [0.5, 0.6) is 23.0 Å². The van der Waals surface area contributed by atoms with Gasteiger partial charge in [-0.05, 0) is 109 Å². The highest BCUT2D eigenvalue weighted by atomic mass is 16.7. The van der Waals surface area contributed by atoms with Crippen LogP contribution in [0.2, 0.25) is 0 Å². The summed E-state index contributed by atoms with van der Waals surface area (Å²) in [6.45, 7) is 5.92. The Labute approximate surface area is 316 Å². The molecule has 3 unspecified atom stereocenters. The number of nitrogens with two attached hydrogens (primary N) is 1. The molecule has 4 aliphatic carbocycles. The van der Waals surface area contributed by atoms with E-state index < -0.39 is 43.0 Å². The van der Waals surface area contributed by atoms with Gasteiger partial charge in [0, 0.05) is 12.8 Å². The fourth-order valence-corrected chi connectivity index (χ4v) is 10.6. The van der Waals surface area contributed by atoms with Gasteiger partial charge in [0.2, 0.25) is 6.29 Å². The molecule has 0 amide bonds. The Balaban J connectivity index is 0.956. The third kappa shape index (κ3) is 8.88. The monoisotopic (exact) mass is 751 g/mol. The van der Waals surface area contributed by atoms with Gasteiger partial charge in [-0.1, -0.05) is 26.0 Å². The molecule has 13 heteroatoms. The van der Waals surface area contributed by atoms with Gasteiger partial charge in [-0.2, -0.15) is 0 Å². The molecule has 1 saturated heterocycles. The molecule has 7 rings (SSSR count). The van der Waals surface area contributed by atoms with Crippen molar-refractivity contribution in [1.29, 1.82) is 0 Å². The lowest BCUT2D eigenvalue weighted by molar-refractivity contribution is -0.194. The van der Waals surface area contributed by atoms with E-state index in [9.17, 15) is 19.2 Å². The molecule has 2 N–H and O–H groups in total. The molecular formula is C41H53NO12. The Hall–Kier alpha value is -4.52. The predicted octanol–water partition coefficient (Wildman–Crippen LogP) is 5.95. The van der Waals surface area contributed by atoms with Crippen LogP contribution < -0.4 is 24.7 Å². The molecule has 5 aliphatic rings. The van der Waals surface area contributed by atoms with E-state index in [4.69, 9.17) is 43.6 Å². The molecular weight excluding hydrogens is 698 g/mol. The minimum absolute atomic E-state index is 0.0702. The van der Waals surface area contributed by atoms with Gasteiger partial charge < -0.3 is 43.6 Å². The maximum Gasteiger partial charge on any atom is 0.514 e. The standard InChI is InChI=1S/C41H53NO12/c1-24(52-35(43)18-41-17-27-15-39(2,22-41)21-40(3,16-27)23-41)53-37(45)30(42)20-51-38(46)54-32-10-8-26(14-34(32)49-6)12-29-28(19-50-36(29)44)11-25-7-9-31(47-4)33(13-25)48-5/h7-10,13-14,24,27-30H,11-12,15-23,42H2,1-6H3/t24?,27?,28-,29+,30-,39?,40?,41?/m0/s1. The fourth-order valence-electron chi connectivity index (χ4n) is 10.6. The number of hydrogen-bond donors (Lipinski definition) is 1. The van der Waals surface area contributed by atoms with E-state index in [0.717, 1.165) is 30.4 Å². The molecule has 54 heavy (non-hydrogen) atoms. The average Bonchev–Trinajstić information content (AvgIpc) is 3.42. The summed E-state index contributed by atoms with van der Waals surface area (Å²) < 4.78 is 42.8. The van der Waals surface area contributed by atoms with Gasteiger partial charge in [0.1, 0.15) is 12.6 Å². The second kappa shape index (κ2) is 15.7. The lowest BCUT2D eigenvalue weighted by Gasteiger charge is -2.65. The van der Waals surface area contributed by atoms with Crippen molar-refractivity contribution in [3.05, 3.63) is 47.5 Å². The molecule has 0 spiro atoms. The number of esters is 3. The summed E-state index contributed by atoms with van der Waals surface area (Å²) >= 11 is 0. The molecule has 6 atom stereocenters. The first-order valence-electron chi connectivity index (χ1n) is 18.7. The van der Waals surface area contributed by atoms with Crippen LogP contribution in [0.25, 0.3) is 0 Å². The smallest absolute Gasteiger partial charge is 0.493 e. The summed E-state index contributed by atoms with van der Waals surface area (Å²) in [6.07, 6.45) is 5.74. The third-order valence-corrected chi connectivity index (χ3v) is 11.7. The Morgan fingerprint density at radius 2 is 1.44 bits per heavy atom. The van der Waals surface area contributed by atoms with Crippen molar-refractivity contribution >= 4 is 24.1 Å². The summed E-state index contributed by atoms with van der Waals surface area (Å²) in [4.78, 5) is 51.0. The van der Waals surface area contributed by atoms with Crippen molar-refractivity contribution in [3.63, 3.8) is 0 Å². The molecule has 5 fully saturated rings. The van der Waals surface area contributed by atoms with E-state index >= 15 is 0 Å². The van der Waals surface area contributed by atoms with E-state index in [-0.39, 0.29) is 39.6 Å². The van der Waals surface area contributed by atoms with Crippen molar-refractivity contribution in [2.75, 3.05) is 34.5 Å². The number of carbonyl (C=O) groups is 4. The largest absolute Gasteiger partial charge is 0.514 e. The van der Waals surface area contributed by atoms with Crippen molar-refractivity contribution in [2.24, 2.45) is 39.7 Å². The normalized spacial score (nSPS) is 29.1. The number of cyclic esters (lactones) is 1. The molecule has 1 aliphatic heterocycles. The van der Waals surface area contributed by atoms with Gasteiger partial charge in [0.05, 0.1) is 40.3 Å². The zero-order chi connectivity index (χ0) is 38.8. The Bertz CT molecular complexity index is 1720. The van der Waals surface area contributed by atoms with E-state index in [1.807, 2.05) is 18.2 Å². The summed E-state index contributed by atoms with van der Waals surface area (Å²) in [5.41, 5.74) is 8.15. The third-order valence-electron chi connectivity index (χ3n) is 11.7. The van der Waals surface area contributed by atoms with Crippen molar-refractivity contribution < 1.29 is 57.1 Å². The van der Waals surface area contributed by atoms with Gasteiger partial charge in [0.25, 0.3) is 0 Å². The topological polar surface area (TPSA) is 168 Å². The Morgan fingerprint density at radius 3 is 2.07 bits per heavy atom. The van der Waals surface area contributed by atoms with Crippen LogP contribution in [0.3, 0.4) is 0 Å². The first-order chi connectivity index (χ1) is 25.6. The van der Waals surface area contributed by atoms with E-state index in [1.165, 1.54) is 39.4 Å². The van der Waals surface area contributed by atoms with Crippen molar-refractivity contribution in [1.82, 2.24) is 0 Å². The maximum absolute atomic E-state index is 13.0. The van der Waals surface area contributed by atoms with Crippen LogP contribution in [-0.2, 0) is 46.2 Å². The van der Waals surface area contributed by atoms with Gasteiger partial charge in [-0.15, -0.1) is 0 Å². The number of rotatable bonds is 15. The zero-order valence-electron chi connectivity index (χ0n) is 32.1. The lowest BCUT2D eigenvalue weighted by Crippen LogP contribution is -2.55. The van der Waals surface area contributed by atoms with Crippen LogP contribution in [0, 0.1) is 34.0 Å². The summed E-state index contributed by atoms with van der Waals surface area (Å²) in [6, 6.07) is 9.25. The minimum Gasteiger partial charge on any atom is -0.493 e. The molecule has 0 aromatic heterocycles. The van der Waals surface area contributed by atoms with Crippen LogP contribution >= 0.6 is 0 Å². The molecule has 2 aromatic rings. The second-order valence-electron chi connectivity index (χ2n) is 16.7. The van der Waals surface area contributed by atoms with Gasteiger partial charge >= 0.3 is 24.1 Å². The summed E-state index contributed by atoms with van der Waals surface area (Å²) in [5.74, 6) is 0.135. The van der Waals surface area contributed by atoms with Crippen LogP contribution in [-0.4, -0.2) is 70.9 Å². The first kappa shape index (κ1) is 39.2. The Morgan fingerprint density at radius 1 is 0.833 bits per heavy atom.